The summed E-state index contributed by atoms with van der Waals surface area (Å²) in [5.74, 6) is 1.90. The number of rotatable bonds is 2. The first kappa shape index (κ1) is 6.72. The summed E-state index contributed by atoms with van der Waals surface area (Å²) in [5.41, 5.74) is 1.33. The molecule has 1 aromatic heterocycles. The van der Waals surface area contributed by atoms with Gasteiger partial charge in [-0.1, -0.05) is 0 Å². The SMILES string of the molecule is c1cc(C2NCC2C2CC2)co1. The normalized spacial score (nSPS) is 34.7. The van der Waals surface area contributed by atoms with Crippen LogP contribution in [0.4, 0.5) is 0 Å². The maximum atomic E-state index is 5.08. The van der Waals surface area contributed by atoms with Crippen molar-refractivity contribution in [2.75, 3.05) is 6.54 Å². The Kier molecular flexibility index (Phi) is 1.32. The van der Waals surface area contributed by atoms with Crippen molar-refractivity contribution in [1.29, 1.82) is 0 Å². The summed E-state index contributed by atoms with van der Waals surface area (Å²) >= 11 is 0. The zero-order valence-electron chi connectivity index (χ0n) is 6.99. The van der Waals surface area contributed by atoms with E-state index in [-0.39, 0.29) is 0 Å². The Morgan fingerprint density at radius 2 is 2.33 bits per heavy atom. The number of furan rings is 1. The summed E-state index contributed by atoms with van der Waals surface area (Å²) in [7, 11) is 0. The number of hydrogen-bond acceptors (Lipinski definition) is 2. The standard InChI is InChI=1S/C10H13NO/c1-2-7(1)9-5-11-10(9)8-3-4-12-6-8/h3-4,6-7,9-11H,1-2,5H2. The van der Waals surface area contributed by atoms with E-state index in [0.29, 0.717) is 6.04 Å². The van der Waals surface area contributed by atoms with Gasteiger partial charge in [-0.05, 0) is 30.7 Å². The fraction of sp³-hybridized carbons (Fsp3) is 0.600. The Morgan fingerprint density at radius 1 is 1.42 bits per heavy atom. The van der Waals surface area contributed by atoms with E-state index in [4.69, 9.17) is 4.42 Å². The van der Waals surface area contributed by atoms with Gasteiger partial charge in [0, 0.05) is 18.2 Å². The fourth-order valence-corrected chi connectivity index (χ4v) is 2.15. The van der Waals surface area contributed by atoms with Gasteiger partial charge in [-0.3, -0.25) is 0 Å². The second kappa shape index (κ2) is 2.36. The van der Waals surface area contributed by atoms with Gasteiger partial charge in [-0.15, -0.1) is 0 Å². The van der Waals surface area contributed by atoms with Crippen LogP contribution in [0.5, 0.6) is 0 Å². The van der Waals surface area contributed by atoms with Crippen molar-refractivity contribution < 1.29 is 4.42 Å². The molecule has 2 unspecified atom stereocenters. The molecule has 1 saturated heterocycles. The van der Waals surface area contributed by atoms with E-state index in [1.54, 1.807) is 6.26 Å². The second-order valence-corrected chi connectivity index (χ2v) is 3.94. The van der Waals surface area contributed by atoms with E-state index in [1.807, 2.05) is 6.26 Å². The molecular formula is C10H13NO. The smallest absolute Gasteiger partial charge is 0.0950 e. The summed E-state index contributed by atoms with van der Waals surface area (Å²) < 4.78 is 5.08. The van der Waals surface area contributed by atoms with Crippen molar-refractivity contribution in [2.24, 2.45) is 11.8 Å². The molecule has 1 aliphatic carbocycles. The first-order valence-electron chi connectivity index (χ1n) is 4.70. The van der Waals surface area contributed by atoms with Crippen molar-refractivity contribution in [3.05, 3.63) is 24.2 Å². The molecule has 2 atom stereocenters. The molecule has 1 N–H and O–H groups in total. The van der Waals surface area contributed by atoms with E-state index in [2.05, 4.69) is 11.4 Å². The summed E-state index contributed by atoms with van der Waals surface area (Å²) in [5, 5.41) is 3.46. The lowest BCUT2D eigenvalue weighted by Crippen LogP contribution is -2.46. The van der Waals surface area contributed by atoms with Crippen LogP contribution in [0.1, 0.15) is 24.4 Å². The predicted molar refractivity (Wildman–Crippen MR) is 45.7 cm³/mol. The topological polar surface area (TPSA) is 25.2 Å². The minimum atomic E-state index is 0.594. The third-order valence-electron chi connectivity index (χ3n) is 3.13. The molecule has 64 valence electrons. The molecule has 1 aliphatic heterocycles. The monoisotopic (exact) mass is 163 g/mol. The summed E-state index contributed by atoms with van der Waals surface area (Å²) in [4.78, 5) is 0. The minimum absolute atomic E-state index is 0.594. The zero-order chi connectivity index (χ0) is 7.97. The Morgan fingerprint density at radius 3 is 2.83 bits per heavy atom. The number of hydrogen-bond donors (Lipinski definition) is 1. The van der Waals surface area contributed by atoms with E-state index >= 15 is 0 Å². The molecule has 0 aromatic carbocycles. The molecule has 1 aromatic rings. The van der Waals surface area contributed by atoms with E-state index in [1.165, 1.54) is 24.9 Å². The molecule has 0 amide bonds. The maximum Gasteiger partial charge on any atom is 0.0950 e. The van der Waals surface area contributed by atoms with Crippen LogP contribution in [0, 0.1) is 11.8 Å². The summed E-state index contributed by atoms with van der Waals surface area (Å²) in [6.07, 6.45) is 6.52. The highest BCUT2D eigenvalue weighted by atomic mass is 16.3. The van der Waals surface area contributed by atoms with Gasteiger partial charge in [0.25, 0.3) is 0 Å². The second-order valence-electron chi connectivity index (χ2n) is 3.94. The first-order chi connectivity index (χ1) is 5.95. The largest absolute Gasteiger partial charge is 0.472 e. The third kappa shape index (κ3) is 0.911. The third-order valence-corrected chi connectivity index (χ3v) is 3.13. The van der Waals surface area contributed by atoms with Crippen LogP contribution < -0.4 is 5.32 Å². The average molecular weight is 163 g/mol. The highest BCUT2D eigenvalue weighted by molar-refractivity contribution is 5.18. The van der Waals surface area contributed by atoms with Crippen LogP contribution in [0.3, 0.4) is 0 Å². The van der Waals surface area contributed by atoms with E-state index in [9.17, 15) is 0 Å². The van der Waals surface area contributed by atoms with Crippen LogP contribution in [-0.2, 0) is 0 Å². The van der Waals surface area contributed by atoms with E-state index in [0.717, 1.165) is 11.8 Å². The Balaban J connectivity index is 1.77. The Labute approximate surface area is 72.0 Å². The van der Waals surface area contributed by atoms with Crippen LogP contribution in [-0.4, -0.2) is 6.54 Å². The lowest BCUT2D eigenvalue weighted by atomic mass is 9.84. The van der Waals surface area contributed by atoms with Crippen molar-refractivity contribution in [1.82, 2.24) is 5.32 Å². The molecule has 2 heteroatoms. The van der Waals surface area contributed by atoms with Gasteiger partial charge < -0.3 is 9.73 Å². The van der Waals surface area contributed by atoms with Gasteiger partial charge in [0.1, 0.15) is 0 Å². The molecule has 12 heavy (non-hydrogen) atoms. The van der Waals surface area contributed by atoms with Gasteiger partial charge in [0.05, 0.1) is 12.5 Å². The molecule has 1 saturated carbocycles. The minimum Gasteiger partial charge on any atom is -0.472 e. The molecule has 0 spiro atoms. The lowest BCUT2D eigenvalue weighted by Gasteiger charge is -2.37. The average Bonchev–Trinajstić information content (AvgIpc) is 2.65. The van der Waals surface area contributed by atoms with Crippen LogP contribution in [0.2, 0.25) is 0 Å². The van der Waals surface area contributed by atoms with E-state index < -0.39 is 0 Å². The van der Waals surface area contributed by atoms with Gasteiger partial charge in [0.15, 0.2) is 0 Å². The molecule has 2 fully saturated rings. The van der Waals surface area contributed by atoms with Crippen LogP contribution in [0.15, 0.2) is 23.0 Å². The molecule has 0 radical (unpaired) electrons. The van der Waals surface area contributed by atoms with Gasteiger partial charge in [0.2, 0.25) is 0 Å². The van der Waals surface area contributed by atoms with Gasteiger partial charge >= 0.3 is 0 Å². The highest BCUT2D eigenvalue weighted by Crippen LogP contribution is 2.46. The molecule has 2 nitrogen and oxygen atoms in total. The molecule has 0 bridgehead atoms. The van der Waals surface area contributed by atoms with Gasteiger partial charge in [-0.25, -0.2) is 0 Å². The lowest BCUT2D eigenvalue weighted by molar-refractivity contribution is 0.205. The fourth-order valence-electron chi connectivity index (χ4n) is 2.15. The van der Waals surface area contributed by atoms with Crippen LogP contribution >= 0.6 is 0 Å². The van der Waals surface area contributed by atoms with Crippen molar-refractivity contribution >= 4 is 0 Å². The maximum absolute atomic E-state index is 5.08. The molecule has 3 rings (SSSR count). The summed E-state index contributed by atoms with van der Waals surface area (Å²) in [6.45, 7) is 1.21. The molecular weight excluding hydrogens is 150 g/mol. The van der Waals surface area contributed by atoms with Gasteiger partial charge in [-0.2, -0.15) is 0 Å². The summed E-state index contributed by atoms with van der Waals surface area (Å²) in [6, 6.07) is 2.67. The van der Waals surface area contributed by atoms with Crippen molar-refractivity contribution in [3.8, 4) is 0 Å². The highest BCUT2D eigenvalue weighted by Gasteiger charge is 2.42. The first-order valence-corrected chi connectivity index (χ1v) is 4.70. The number of nitrogens with one attached hydrogen (secondary N) is 1. The van der Waals surface area contributed by atoms with Crippen molar-refractivity contribution in [3.63, 3.8) is 0 Å². The Bertz CT molecular complexity index is 263. The van der Waals surface area contributed by atoms with Crippen molar-refractivity contribution in [2.45, 2.75) is 18.9 Å². The van der Waals surface area contributed by atoms with Crippen LogP contribution in [0.25, 0.3) is 0 Å². The zero-order valence-corrected chi connectivity index (χ0v) is 6.99. The quantitative estimate of drug-likeness (QED) is 0.720. The molecule has 2 aliphatic rings. The Hall–Kier alpha value is -0.760. The molecule has 2 heterocycles. The predicted octanol–water partition coefficient (Wildman–Crippen LogP) is 1.95.